The van der Waals surface area contributed by atoms with E-state index in [1.807, 2.05) is 27.7 Å². The van der Waals surface area contributed by atoms with Crippen LogP contribution in [0.15, 0.2) is 18.2 Å². The highest BCUT2D eigenvalue weighted by molar-refractivity contribution is 5.75. The third-order valence-electron chi connectivity index (χ3n) is 3.79. The van der Waals surface area contributed by atoms with E-state index in [1.54, 1.807) is 17.2 Å². The van der Waals surface area contributed by atoms with Gasteiger partial charge < -0.3 is 9.74 Å². The van der Waals surface area contributed by atoms with Crippen LogP contribution in [0.25, 0.3) is 0 Å². The molecule has 1 aromatic carbocycles. The number of hydrogen-bond donors (Lipinski definition) is 0. The van der Waals surface area contributed by atoms with Crippen molar-refractivity contribution in [3.63, 3.8) is 0 Å². The molecule has 0 saturated carbocycles. The van der Waals surface area contributed by atoms with Crippen molar-refractivity contribution in [2.45, 2.75) is 27.7 Å². The summed E-state index contributed by atoms with van der Waals surface area (Å²) in [4.78, 5) is 29.9. The summed E-state index contributed by atoms with van der Waals surface area (Å²) >= 11 is 0. The first-order valence-electron chi connectivity index (χ1n) is 7.66. The van der Waals surface area contributed by atoms with Crippen molar-refractivity contribution in [2.75, 3.05) is 31.1 Å². The summed E-state index contributed by atoms with van der Waals surface area (Å²) in [5.41, 5.74) is 1.44. The molecule has 7 heteroatoms. The number of hydrogen-bond acceptors (Lipinski definition) is 6. The molecule has 1 saturated heterocycles. The van der Waals surface area contributed by atoms with Crippen LogP contribution in [0.4, 0.5) is 11.4 Å². The van der Waals surface area contributed by atoms with Crippen LogP contribution >= 0.6 is 0 Å². The van der Waals surface area contributed by atoms with Gasteiger partial charge in [-0.1, -0.05) is 0 Å². The molecule has 126 valence electrons. The Morgan fingerprint density at radius 2 is 1.83 bits per heavy atom. The van der Waals surface area contributed by atoms with Crippen molar-refractivity contribution < 1.29 is 14.6 Å². The third-order valence-corrected chi connectivity index (χ3v) is 3.79. The summed E-state index contributed by atoms with van der Waals surface area (Å²) < 4.78 is 0. The fraction of sp³-hybridized carbons (Fsp3) is 0.562. The van der Waals surface area contributed by atoms with Crippen molar-refractivity contribution in [3.05, 3.63) is 33.9 Å². The van der Waals surface area contributed by atoms with Crippen LogP contribution < -0.4 is 4.90 Å². The summed E-state index contributed by atoms with van der Waals surface area (Å²) in [5, 5.41) is 12.5. The molecule has 2 rings (SSSR count). The largest absolute Gasteiger partial charge is 0.368 e. The van der Waals surface area contributed by atoms with Gasteiger partial charge in [0.15, 0.2) is 0 Å². The Labute approximate surface area is 135 Å². The lowest BCUT2D eigenvalue weighted by Gasteiger charge is -2.36. The second kappa shape index (κ2) is 6.54. The average Bonchev–Trinajstić information content (AvgIpc) is 2.47. The lowest BCUT2D eigenvalue weighted by molar-refractivity contribution is -0.384. The number of hydroxylamine groups is 2. The van der Waals surface area contributed by atoms with E-state index >= 15 is 0 Å². The van der Waals surface area contributed by atoms with E-state index in [0.29, 0.717) is 26.2 Å². The fourth-order valence-electron chi connectivity index (χ4n) is 2.38. The molecule has 0 atom stereocenters. The Balaban J connectivity index is 1.97. The molecule has 23 heavy (non-hydrogen) atoms. The molecule has 1 aliphatic heterocycles. The van der Waals surface area contributed by atoms with Gasteiger partial charge in [-0.05, 0) is 39.3 Å². The Kier molecular flexibility index (Phi) is 4.89. The molecule has 1 heterocycles. The van der Waals surface area contributed by atoms with Crippen LogP contribution in [0.2, 0.25) is 0 Å². The molecule has 0 aliphatic carbocycles. The SMILES string of the molecule is Cc1cc([N+](=O)[O-])ccc1N1CCN(OC(=O)C(C)(C)C)CC1. The van der Waals surface area contributed by atoms with Gasteiger partial charge in [-0.2, -0.15) is 0 Å². The first-order chi connectivity index (χ1) is 10.7. The number of rotatable bonds is 3. The normalized spacial score (nSPS) is 16.3. The van der Waals surface area contributed by atoms with Gasteiger partial charge in [-0.15, -0.1) is 5.06 Å². The molecule has 1 aliphatic rings. The highest BCUT2D eigenvalue weighted by Crippen LogP contribution is 2.26. The minimum atomic E-state index is -0.522. The second-order valence-electron chi connectivity index (χ2n) is 6.77. The number of aryl methyl sites for hydroxylation is 1. The van der Waals surface area contributed by atoms with Gasteiger partial charge >= 0.3 is 5.97 Å². The van der Waals surface area contributed by atoms with Crippen molar-refractivity contribution in [1.82, 2.24) is 5.06 Å². The molecule has 0 N–H and O–H groups in total. The van der Waals surface area contributed by atoms with E-state index in [0.717, 1.165) is 11.3 Å². The zero-order chi connectivity index (χ0) is 17.2. The lowest BCUT2D eigenvalue weighted by atomic mass is 9.98. The fourth-order valence-corrected chi connectivity index (χ4v) is 2.38. The summed E-state index contributed by atoms with van der Waals surface area (Å²) in [6, 6.07) is 4.89. The van der Waals surface area contributed by atoms with Gasteiger partial charge in [-0.25, -0.2) is 4.79 Å². The van der Waals surface area contributed by atoms with Crippen LogP contribution in [0.1, 0.15) is 26.3 Å². The number of non-ortho nitro benzene ring substituents is 1. The maximum Gasteiger partial charge on any atom is 0.330 e. The maximum atomic E-state index is 11.9. The molecule has 0 aromatic heterocycles. The molecular formula is C16H23N3O4. The number of nitrogens with zero attached hydrogens (tertiary/aromatic N) is 3. The monoisotopic (exact) mass is 321 g/mol. The number of nitro groups is 1. The first kappa shape index (κ1) is 17.2. The van der Waals surface area contributed by atoms with Crippen LogP contribution in [-0.2, 0) is 9.63 Å². The van der Waals surface area contributed by atoms with E-state index in [9.17, 15) is 14.9 Å². The smallest absolute Gasteiger partial charge is 0.330 e. The number of anilines is 1. The highest BCUT2D eigenvalue weighted by Gasteiger charge is 2.28. The highest BCUT2D eigenvalue weighted by atomic mass is 16.7. The van der Waals surface area contributed by atoms with E-state index in [4.69, 9.17) is 4.84 Å². The number of benzene rings is 1. The maximum absolute atomic E-state index is 11.9. The summed E-state index contributed by atoms with van der Waals surface area (Å²) in [6.07, 6.45) is 0. The molecule has 0 amide bonds. The van der Waals surface area contributed by atoms with Gasteiger partial charge in [-0.3, -0.25) is 10.1 Å². The van der Waals surface area contributed by atoms with E-state index in [1.165, 1.54) is 6.07 Å². The molecule has 1 aromatic rings. The lowest BCUT2D eigenvalue weighted by Crippen LogP contribution is -2.48. The van der Waals surface area contributed by atoms with E-state index in [-0.39, 0.29) is 16.6 Å². The Hall–Kier alpha value is -2.15. The zero-order valence-corrected chi connectivity index (χ0v) is 14.0. The number of piperazine rings is 1. The number of carbonyl (C=O) groups excluding carboxylic acids is 1. The molecular weight excluding hydrogens is 298 g/mol. The van der Waals surface area contributed by atoms with Crippen molar-refractivity contribution >= 4 is 17.3 Å². The van der Waals surface area contributed by atoms with Gasteiger partial charge in [0, 0.05) is 30.9 Å². The Bertz CT molecular complexity index is 602. The number of nitro benzene ring substituents is 1. The first-order valence-corrected chi connectivity index (χ1v) is 7.66. The summed E-state index contributed by atoms with van der Waals surface area (Å²) in [6.45, 7) is 9.97. The minimum Gasteiger partial charge on any atom is -0.368 e. The zero-order valence-electron chi connectivity index (χ0n) is 14.0. The predicted octanol–water partition coefficient (Wildman–Crippen LogP) is 2.53. The topological polar surface area (TPSA) is 75.9 Å². The van der Waals surface area contributed by atoms with Gasteiger partial charge in [0.1, 0.15) is 0 Å². The third kappa shape index (κ3) is 4.19. The summed E-state index contributed by atoms with van der Waals surface area (Å²) in [7, 11) is 0. The molecule has 0 radical (unpaired) electrons. The van der Waals surface area contributed by atoms with E-state index in [2.05, 4.69) is 4.90 Å². The Morgan fingerprint density at radius 1 is 1.22 bits per heavy atom. The van der Waals surface area contributed by atoms with Crippen molar-refractivity contribution in [1.29, 1.82) is 0 Å². The Morgan fingerprint density at radius 3 is 2.30 bits per heavy atom. The van der Waals surface area contributed by atoms with Crippen molar-refractivity contribution in [3.8, 4) is 0 Å². The summed E-state index contributed by atoms with van der Waals surface area (Å²) in [5.74, 6) is -0.238. The molecule has 7 nitrogen and oxygen atoms in total. The van der Waals surface area contributed by atoms with Gasteiger partial charge in [0.25, 0.3) is 5.69 Å². The van der Waals surface area contributed by atoms with Crippen LogP contribution in [-0.4, -0.2) is 42.1 Å². The number of carbonyl (C=O) groups is 1. The average molecular weight is 321 g/mol. The standard InChI is InChI=1S/C16H23N3O4/c1-12-11-13(19(21)22)5-6-14(12)17-7-9-18(10-8-17)23-15(20)16(2,3)4/h5-6,11H,7-10H2,1-4H3. The second-order valence-corrected chi connectivity index (χ2v) is 6.77. The van der Waals surface area contributed by atoms with E-state index < -0.39 is 5.41 Å². The predicted molar refractivity (Wildman–Crippen MR) is 87.2 cm³/mol. The molecule has 1 fully saturated rings. The van der Waals surface area contributed by atoms with Crippen LogP contribution in [0.3, 0.4) is 0 Å². The van der Waals surface area contributed by atoms with Crippen LogP contribution in [0.5, 0.6) is 0 Å². The van der Waals surface area contributed by atoms with Crippen molar-refractivity contribution in [2.24, 2.45) is 5.41 Å². The van der Waals surface area contributed by atoms with Gasteiger partial charge in [0.2, 0.25) is 0 Å². The van der Waals surface area contributed by atoms with Crippen LogP contribution in [0, 0.1) is 22.5 Å². The van der Waals surface area contributed by atoms with Gasteiger partial charge in [0.05, 0.1) is 23.4 Å². The quantitative estimate of drug-likeness (QED) is 0.629. The molecule has 0 bridgehead atoms. The minimum absolute atomic E-state index is 0.101. The molecule has 0 spiro atoms. The molecule has 0 unspecified atom stereocenters.